The zero-order valence-electron chi connectivity index (χ0n) is 10.8. The van der Waals surface area contributed by atoms with Crippen molar-refractivity contribution in [3.8, 4) is 0 Å². The van der Waals surface area contributed by atoms with Crippen molar-refractivity contribution in [2.45, 2.75) is 33.0 Å². The molecule has 0 radical (unpaired) electrons. The average molecular weight is 261 g/mol. The first kappa shape index (κ1) is 14.6. The summed E-state index contributed by atoms with van der Waals surface area (Å²) in [7, 11) is 0. The molecule has 0 bridgehead atoms. The van der Waals surface area contributed by atoms with Crippen LogP contribution in [0.15, 0.2) is 18.2 Å². The van der Waals surface area contributed by atoms with Crippen LogP contribution in [0.3, 0.4) is 0 Å². The van der Waals surface area contributed by atoms with E-state index in [0.717, 1.165) is 0 Å². The van der Waals surface area contributed by atoms with Gasteiger partial charge >= 0.3 is 6.18 Å². The minimum absolute atomic E-state index is 0.268. The molecule has 1 N–H and O–H groups in total. The second-order valence-corrected chi connectivity index (χ2v) is 4.25. The molecule has 1 aromatic heterocycles. The Balaban J connectivity index is 2.95. The Morgan fingerprint density at radius 3 is 2.50 bits per heavy atom. The summed E-state index contributed by atoms with van der Waals surface area (Å²) in [5, 5.41) is 2.99. The normalized spacial score (nSPS) is 11.7. The minimum Gasteiger partial charge on any atom is -0.370 e. The quantitative estimate of drug-likeness (QED) is 0.881. The predicted octanol–water partition coefficient (Wildman–Crippen LogP) is 3.29. The first-order chi connectivity index (χ1) is 8.33. The van der Waals surface area contributed by atoms with Crippen molar-refractivity contribution in [3.05, 3.63) is 18.2 Å². The van der Waals surface area contributed by atoms with Gasteiger partial charge in [0, 0.05) is 12.6 Å². The first-order valence-electron chi connectivity index (χ1n) is 5.88. The van der Waals surface area contributed by atoms with Crippen molar-refractivity contribution in [2.24, 2.45) is 0 Å². The summed E-state index contributed by atoms with van der Waals surface area (Å²) >= 11 is 0. The highest BCUT2D eigenvalue weighted by Gasteiger charge is 2.32. The Morgan fingerprint density at radius 1 is 1.33 bits per heavy atom. The standard InChI is InChI=1S/C12H18F3N3/c1-4-16-10-6-5-7-11(17-10)18(9(2)3)8-12(13,14)15/h5-7,9H,4,8H2,1-3H3,(H,16,17). The number of nitrogens with zero attached hydrogens (tertiary/aromatic N) is 2. The zero-order valence-corrected chi connectivity index (χ0v) is 10.8. The number of hydrogen-bond donors (Lipinski definition) is 1. The summed E-state index contributed by atoms with van der Waals surface area (Å²) in [6.07, 6.45) is -4.24. The van der Waals surface area contributed by atoms with Crippen molar-refractivity contribution in [2.75, 3.05) is 23.3 Å². The van der Waals surface area contributed by atoms with E-state index in [1.165, 1.54) is 4.90 Å². The molecule has 0 spiro atoms. The van der Waals surface area contributed by atoms with Crippen molar-refractivity contribution < 1.29 is 13.2 Å². The Morgan fingerprint density at radius 2 is 2.00 bits per heavy atom. The summed E-state index contributed by atoms with van der Waals surface area (Å²) in [5.74, 6) is 0.920. The molecular formula is C12H18F3N3. The highest BCUT2D eigenvalue weighted by molar-refractivity contribution is 5.47. The molecule has 1 rings (SSSR count). The van der Waals surface area contributed by atoms with Crippen LogP contribution >= 0.6 is 0 Å². The SMILES string of the molecule is CCNc1cccc(N(CC(F)(F)F)C(C)C)n1. The van der Waals surface area contributed by atoms with E-state index in [9.17, 15) is 13.2 Å². The number of nitrogens with one attached hydrogen (secondary N) is 1. The monoisotopic (exact) mass is 261 g/mol. The van der Waals surface area contributed by atoms with Crippen molar-refractivity contribution >= 4 is 11.6 Å². The Bertz CT molecular complexity index is 377. The molecule has 1 heterocycles. The van der Waals surface area contributed by atoms with Gasteiger partial charge in [0.25, 0.3) is 0 Å². The van der Waals surface area contributed by atoms with Gasteiger partial charge in [-0.1, -0.05) is 6.07 Å². The molecule has 0 aliphatic heterocycles. The fraction of sp³-hybridized carbons (Fsp3) is 0.583. The molecular weight excluding hydrogens is 243 g/mol. The third kappa shape index (κ3) is 4.43. The molecule has 102 valence electrons. The molecule has 0 fully saturated rings. The molecule has 18 heavy (non-hydrogen) atoms. The van der Waals surface area contributed by atoms with Crippen molar-refractivity contribution in [3.63, 3.8) is 0 Å². The summed E-state index contributed by atoms with van der Waals surface area (Å²) < 4.78 is 37.5. The van der Waals surface area contributed by atoms with Gasteiger partial charge in [0.1, 0.15) is 18.2 Å². The summed E-state index contributed by atoms with van der Waals surface area (Å²) in [5.41, 5.74) is 0. The molecule has 0 saturated heterocycles. The number of rotatable bonds is 5. The van der Waals surface area contributed by atoms with E-state index in [4.69, 9.17) is 0 Å². The highest BCUT2D eigenvalue weighted by atomic mass is 19.4. The van der Waals surface area contributed by atoms with E-state index >= 15 is 0 Å². The number of hydrogen-bond acceptors (Lipinski definition) is 3. The van der Waals surface area contributed by atoms with E-state index in [0.29, 0.717) is 18.2 Å². The number of alkyl halides is 3. The number of halogens is 3. The second-order valence-electron chi connectivity index (χ2n) is 4.25. The van der Waals surface area contributed by atoms with Crippen LogP contribution < -0.4 is 10.2 Å². The zero-order chi connectivity index (χ0) is 13.8. The van der Waals surface area contributed by atoms with Crippen LogP contribution in [-0.4, -0.2) is 30.3 Å². The summed E-state index contributed by atoms with van der Waals surface area (Å²) in [4.78, 5) is 5.42. The maximum absolute atomic E-state index is 12.5. The highest BCUT2D eigenvalue weighted by Crippen LogP contribution is 2.23. The molecule has 0 saturated carbocycles. The van der Waals surface area contributed by atoms with Crippen LogP contribution in [0.1, 0.15) is 20.8 Å². The van der Waals surface area contributed by atoms with Crippen LogP contribution in [0.5, 0.6) is 0 Å². The van der Waals surface area contributed by atoms with E-state index in [1.807, 2.05) is 6.92 Å². The van der Waals surface area contributed by atoms with Gasteiger partial charge in [0.2, 0.25) is 0 Å². The van der Waals surface area contributed by atoms with E-state index in [-0.39, 0.29) is 6.04 Å². The molecule has 0 aliphatic rings. The summed E-state index contributed by atoms with van der Waals surface area (Å²) in [6.45, 7) is 5.02. The number of pyridine rings is 1. The van der Waals surface area contributed by atoms with Gasteiger partial charge in [-0.15, -0.1) is 0 Å². The van der Waals surface area contributed by atoms with Gasteiger partial charge in [0.05, 0.1) is 0 Å². The van der Waals surface area contributed by atoms with Crippen LogP contribution in [0.4, 0.5) is 24.8 Å². The van der Waals surface area contributed by atoms with Gasteiger partial charge in [0.15, 0.2) is 0 Å². The first-order valence-corrected chi connectivity index (χ1v) is 5.88. The lowest BCUT2D eigenvalue weighted by atomic mass is 10.3. The molecule has 0 atom stereocenters. The minimum atomic E-state index is -4.24. The second kappa shape index (κ2) is 5.93. The molecule has 1 aromatic rings. The van der Waals surface area contributed by atoms with E-state index < -0.39 is 12.7 Å². The van der Waals surface area contributed by atoms with Gasteiger partial charge in [-0.25, -0.2) is 4.98 Å². The topological polar surface area (TPSA) is 28.2 Å². The van der Waals surface area contributed by atoms with Crippen molar-refractivity contribution in [1.82, 2.24) is 4.98 Å². The van der Waals surface area contributed by atoms with Gasteiger partial charge in [-0.05, 0) is 32.9 Å². The van der Waals surface area contributed by atoms with E-state index in [2.05, 4.69) is 10.3 Å². The van der Waals surface area contributed by atoms with Crippen molar-refractivity contribution in [1.29, 1.82) is 0 Å². The van der Waals surface area contributed by atoms with Crippen LogP contribution in [0.2, 0.25) is 0 Å². The molecule has 0 aliphatic carbocycles. The fourth-order valence-corrected chi connectivity index (χ4v) is 1.58. The Kier molecular flexibility index (Phi) is 4.81. The van der Waals surface area contributed by atoms with E-state index in [1.54, 1.807) is 32.0 Å². The molecule has 0 aromatic carbocycles. The maximum atomic E-state index is 12.5. The third-order valence-corrected chi connectivity index (χ3v) is 2.36. The lowest BCUT2D eigenvalue weighted by Crippen LogP contribution is -2.39. The number of aromatic nitrogens is 1. The molecule has 0 unspecified atom stereocenters. The smallest absolute Gasteiger partial charge is 0.370 e. The fourth-order valence-electron chi connectivity index (χ4n) is 1.58. The third-order valence-electron chi connectivity index (χ3n) is 2.36. The summed E-state index contributed by atoms with van der Waals surface area (Å²) in [6, 6.07) is 4.76. The lowest BCUT2D eigenvalue weighted by Gasteiger charge is -2.29. The lowest BCUT2D eigenvalue weighted by molar-refractivity contribution is -0.120. The van der Waals surface area contributed by atoms with Gasteiger partial charge < -0.3 is 10.2 Å². The predicted molar refractivity (Wildman–Crippen MR) is 66.9 cm³/mol. The van der Waals surface area contributed by atoms with Gasteiger partial charge in [-0.3, -0.25) is 0 Å². The van der Waals surface area contributed by atoms with Gasteiger partial charge in [-0.2, -0.15) is 13.2 Å². The molecule has 6 heteroatoms. The van der Waals surface area contributed by atoms with Crippen LogP contribution in [0, 0.1) is 0 Å². The molecule has 0 amide bonds. The number of anilines is 2. The van der Waals surface area contributed by atoms with Crippen LogP contribution in [0.25, 0.3) is 0 Å². The molecule has 3 nitrogen and oxygen atoms in total. The average Bonchev–Trinajstić information content (AvgIpc) is 2.25. The van der Waals surface area contributed by atoms with Crippen LogP contribution in [-0.2, 0) is 0 Å². The Labute approximate surface area is 105 Å². The largest absolute Gasteiger partial charge is 0.405 e. The maximum Gasteiger partial charge on any atom is 0.405 e. The Hall–Kier alpha value is -1.46.